The third-order valence-corrected chi connectivity index (χ3v) is 9.51. The van der Waals surface area contributed by atoms with Crippen LogP contribution in [-0.4, -0.2) is 46.6 Å². The second-order valence-corrected chi connectivity index (χ2v) is 14.7. The zero-order valence-corrected chi connectivity index (χ0v) is 28.9. The van der Waals surface area contributed by atoms with E-state index in [2.05, 4.69) is 46.5 Å². The summed E-state index contributed by atoms with van der Waals surface area (Å²) in [6, 6.07) is 0. The highest BCUT2D eigenvalue weighted by atomic mass is 16.6. The van der Waals surface area contributed by atoms with Crippen LogP contribution in [0, 0.1) is 22.7 Å². The fraction of sp³-hybridized carbons (Fsp3) is 0.500. The van der Waals surface area contributed by atoms with Crippen molar-refractivity contribution in [2.75, 3.05) is 0 Å². The molecule has 0 unspecified atom stereocenters. The third-order valence-electron chi connectivity index (χ3n) is 9.51. The maximum atomic E-state index is 12.5. The Balaban J connectivity index is 1.29. The lowest BCUT2D eigenvalue weighted by Crippen LogP contribution is -2.46. The Morgan fingerprint density at radius 2 is 1.72 bits per heavy atom. The van der Waals surface area contributed by atoms with Gasteiger partial charge in [0.15, 0.2) is 0 Å². The molecule has 1 saturated heterocycles. The number of allylic oxidation sites excluding steroid dienone is 10. The maximum Gasteiger partial charge on any atom is 0.338 e. The highest BCUT2D eigenvalue weighted by molar-refractivity contribution is 5.94. The topological polar surface area (TPSA) is 85.4 Å². The van der Waals surface area contributed by atoms with Crippen molar-refractivity contribution < 1.29 is 28.9 Å². The van der Waals surface area contributed by atoms with Crippen LogP contribution in [-0.2, 0) is 23.8 Å². The molecule has 246 valence electrons. The van der Waals surface area contributed by atoms with Crippen LogP contribution in [0.3, 0.4) is 0 Å². The van der Waals surface area contributed by atoms with Crippen molar-refractivity contribution in [1.82, 2.24) is 0 Å². The molecule has 0 aromatic carbocycles. The molecule has 0 aromatic rings. The average Bonchev–Trinajstić information content (AvgIpc) is 3.39. The van der Waals surface area contributed by atoms with Crippen molar-refractivity contribution in [2.45, 2.75) is 118 Å². The average molecular weight is 627 g/mol. The Labute approximate surface area is 275 Å². The lowest BCUT2D eigenvalue weighted by molar-refractivity contribution is -0.147. The van der Waals surface area contributed by atoms with Gasteiger partial charge in [-0.25, -0.2) is 4.79 Å². The van der Waals surface area contributed by atoms with Gasteiger partial charge in [0.1, 0.15) is 23.4 Å². The number of esters is 2. The van der Waals surface area contributed by atoms with Crippen LogP contribution < -0.4 is 0 Å². The Morgan fingerprint density at radius 1 is 1.02 bits per heavy atom. The number of rotatable bonds is 8. The van der Waals surface area contributed by atoms with Crippen LogP contribution in [0.25, 0.3) is 0 Å². The van der Waals surface area contributed by atoms with Crippen molar-refractivity contribution in [2.24, 2.45) is 10.8 Å². The molecule has 6 nitrogen and oxygen atoms in total. The molecule has 4 aliphatic rings. The second kappa shape index (κ2) is 13.6. The summed E-state index contributed by atoms with van der Waals surface area (Å²) >= 11 is 0. The lowest BCUT2D eigenvalue weighted by Gasteiger charge is -2.39. The van der Waals surface area contributed by atoms with Crippen LogP contribution in [0.1, 0.15) is 88.0 Å². The van der Waals surface area contributed by atoms with E-state index in [1.54, 1.807) is 0 Å². The SMILES string of the molecule is CC(=O)O[C@H]1CC(C)=C(C#C/C(C)=C/C=C/C=C/C=C(C)/C=C/[C@@H]2C=C(/C=C/[C@@]34O[C@]3(C)C[C@@H](O)CC4(C)C)C(=O)O2)C(C)(C)C1. The minimum Gasteiger partial charge on any atom is -0.462 e. The zero-order chi connectivity index (χ0) is 33.9. The first-order valence-electron chi connectivity index (χ1n) is 16.2. The quantitative estimate of drug-likeness (QED) is 0.128. The van der Waals surface area contributed by atoms with Crippen LogP contribution in [0.5, 0.6) is 0 Å². The number of epoxide rings is 1. The van der Waals surface area contributed by atoms with Crippen LogP contribution >= 0.6 is 0 Å². The predicted molar refractivity (Wildman–Crippen MR) is 182 cm³/mol. The fourth-order valence-electron chi connectivity index (χ4n) is 7.37. The number of cyclic esters (lactones) is 1. The highest BCUT2D eigenvalue weighted by Crippen LogP contribution is 2.66. The van der Waals surface area contributed by atoms with E-state index < -0.39 is 17.3 Å². The van der Waals surface area contributed by atoms with Crippen molar-refractivity contribution >= 4 is 11.9 Å². The van der Waals surface area contributed by atoms with Gasteiger partial charge in [0.2, 0.25) is 0 Å². The monoisotopic (exact) mass is 626 g/mol. The molecule has 2 fully saturated rings. The first kappa shape index (κ1) is 35.2. The van der Waals surface area contributed by atoms with E-state index in [0.29, 0.717) is 18.4 Å². The molecule has 46 heavy (non-hydrogen) atoms. The molecule has 4 rings (SSSR count). The van der Waals surface area contributed by atoms with Gasteiger partial charge < -0.3 is 19.3 Å². The number of fused-ring (bicyclic) bond motifs is 1. The standard InChI is InChI=1S/C40H50O6/c1-27(14-12-10-11-13-15-28(2)17-19-35-29(3)22-34(44-30(4)41)26-37(35,5)6)16-18-33-23-31(36(43)45-33)20-21-40-38(7,8)24-32(42)25-39(40,9)46-40/h10-16,18,20-21,23,32-34,42H,22,24-26H2,1-9H3/b12-10+,13-11+,18-16+,21-20+,27-14+,28-15+/t32-,33+,34-,39+,40-/m0/s1. The molecule has 5 atom stereocenters. The summed E-state index contributed by atoms with van der Waals surface area (Å²) in [5, 5.41) is 10.3. The Kier molecular flexibility index (Phi) is 10.4. The largest absolute Gasteiger partial charge is 0.462 e. The van der Waals surface area contributed by atoms with Crippen molar-refractivity contribution in [3.63, 3.8) is 0 Å². The minimum atomic E-state index is -0.488. The van der Waals surface area contributed by atoms with Gasteiger partial charge in [0, 0.05) is 36.2 Å². The molecule has 6 heteroatoms. The Hall–Kier alpha value is -3.66. The summed E-state index contributed by atoms with van der Waals surface area (Å²) in [7, 11) is 0. The summed E-state index contributed by atoms with van der Waals surface area (Å²) in [6.45, 7) is 18.1. The molecule has 2 heterocycles. The van der Waals surface area contributed by atoms with Crippen molar-refractivity contribution in [1.29, 1.82) is 0 Å². The number of aliphatic hydroxyl groups is 1. The summed E-state index contributed by atoms with van der Waals surface area (Å²) in [5.74, 6) is 6.07. The molecule has 2 aliphatic carbocycles. The minimum absolute atomic E-state index is 0.0866. The van der Waals surface area contributed by atoms with Gasteiger partial charge in [-0.2, -0.15) is 0 Å². The van der Waals surface area contributed by atoms with Crippen LogP contribution in [0.2, 0.25) is 0 Å². The molecule has 0 aromatic heterocycles. The van der Waals surface area contributed by atoms with E-state index in [-0.39, 0.29) is 35.0 Å². The first-order valence-corrected chi connectivity index (χ1v) is 16.2. The number of carbonyl (C=O) groups is 2. The van der Waals surface area contributed by atoms with Gasteiger partial charge in [0.05, 0.1) is 11.7 Å². The molecule has 0 spiro atoms. The van der Waals surface area contributed by atoms with Crippen LogP contribution in [0.15, 0.2) is 94.7 Å². The van der Waals surface area contributed by atoms with Gasteiger partial charge in [-0.3, -0.25) is 4.79 Å². The number of hydrogen-bond donors (Lipinski definition) is 1. The van der Waals surface area contributed by atoms with Crippen LogP contribution in [0.4, 0.5) is 0 Å². The zero-order valence-electron chi connectivity index (χ0n) is 28.9. The maximum absolute atomic E-state index is 12.5. The van der Waals surface area contributed by atoms with E-state index >= 15 is 0 Å². The van der Waals surface area contributed by atoms with E-state index in [1.807, 2.05) is 87.6 Å². The number of aliphatic hydroxyl groups excluding tert-OH is 1. The van der Waals surface area contributed by atoms with Gasteiger partial charge in [-0.05, 0) is 70.4 Å². The summed E-state index contributed by atoms with van der Waals surface area (Å²) in [5.41, 5.74) is 3.52. The molecule has 1 saturated carbocycles. The molecular weight excluding hydrogens is 576 g/mol. The molecular formula is C40H50O6. The van der Waals surface area contributed by atoms with E-state index in [1.165, 1.54) is 12.5 Å². The Morgan fingerprint density at radius 3 is 2.37 bits per heavy atom. The molecule has 0 amide bonds. The predicted octanol–water partition coefficient (Wildman–Crippen LogP) is 7.74. The van der Waals surface area contributed by atoms with E-state index in [9.17, 15) is 14.7 Å². The van der Waals surface area contributed by atoms with Gasteiger partial charge in [-0.1, -0.05) is 93.2 Å². The molecule has 1 N–H and O–H groups in total. The van der Waals surface area contributed by atoms with Gasteiger partial charge in [0.25, 0.3) is 0 Å². The van der Waals surface area contributed by atoms with Crippen molar-refractivity contribution in [3.8, 4) is 11.8 Å². The Bertz CT molecular complexity index is 1540. The van der Waals surface area contributed by atoms with Gasteiger partial charge >= 0.3 is 11.9 Å². The van der Waals surface area contributed by atoms with E-state index in [4.69, 9.17) is 14.2 Å². The molecule has 2 aliphatic heterocycles. The number of ether oxygens (including phenoxy) is 3. The first-order chi connectivity index (χ1) is 21.5. The number of carbonyl (C=O) groups excluding carboxylic acids is 2. The van der Waals surface area contributed by atoms with Crippen molar-refractivity contribution in [3.05, 3.63) is 94.7 Å². The summed E-state index contributed by atoms with van der Waals surface area (Å²) in [6.07, 6.45) is 23.1. The summed E-state index contributed by atoms with van der Waals surface area (Å²) in [4.78, 5) is 23.9. The third kappa shape index (κ3) is 8.00. The van der Waals surface area contributed by atoms with Gasteiger partial charge in [-0.15, -0.1) is 0 Å². The lowest BCUT2D eigenvalue weighted by atomic mass is 9.63. The molecule has 0 bridgehead atoms. The molecule has 0 radical (unpaired) electrons. The number of hydrogen-bond acceptors (Lipinski definition) is 6. The summed E-state index contributed by atoms with van der Waals surface area (Å²) < 4.78 is 17.2. The van der Waals surface area contributed by atoms with E-state index in [0.717, 1.165) is 29.6 Å². The fourth-order valence-corrected chi connectivity index (χ4v) is 7.37. The highest BCUT2D eigenvalue weighted by Gasteiger charge is 2.74. The second-order valence-electron chi connectivity index (χ2n) is 14.7. The normalized spacial score (nSPS) is 32.5. The smallest absolute Gasteiger partial charge is 0.338 e.